The van der Waals surface area contributed by atoms with Gasteiger partial charge in [0.15, 0.2) is 0 Å². The van der Waals surface area contributed by atoms with Crippen LogP contribution in [0.3, 0.4) is 0 Å². The van der Waals surface area contributed by atoms with Gasteiger partial charge in [-0.25, -0.2) is 4.79 Å². The first-order valence-corrected chi connectivity index (χ1v) is 8.57. The van der Waals surface area contributed by atoms with E-state index in [1.807, 2.05) is 48.5 Å². The van der Waals surface area contributed by atoms with Gasteiger partial charge in [0, 0.05) is 32.2 Å². The summed E-state index contributed by atoms with van der Waals surface area (Å²) in [6.45, 7) is 0.718. The molecular formula is C20H22N2O4. The molecule has 6 nitrogen and oxygen atoms in total. The topological polar surface area (TPSA) is 70.1 Å². The van der Waals surface area contributed by atoms with Crippen LogP contribution in [0.2, 0.25) is 0 Å². The van der Waals surface area contributed by atoms with Gasteiger partial charge in [-0.3, -0.25) is 4.79 Å². The lowest BCUT2D eigenvalue weighted by molar-refractivity contribution is -0.178. The van der Waals surface area contributed by atoms with Crippen LogP contribution in [0.4, 0.5) is 10.5 Å². The summed E-state index contributed by atoms with van der Waals surface area (Å²) in [5.41, 5.74) is 1.76. The maximum atomic E-state index is 12.5. The van der Waals surface area contributed by atoms with Gasteiger partial charge in [-0.1, -0.05) is 48.5 Å². The predicted molar refractivity (Wildman–Crippen MR) is 97.6 cm³/mol. The van der Waals surface area contributed by atoms with E-state index < -0.39 is 17.8 Å². The lowest BCUT2D eigenvalue weighted by Gasteiger charge is -2.25. The van der Waals surface area contributed by atoms with E-state index in [2.05, 4.69) is 0 Å². The highest BCUT2D eigenvalue weighted by molar-refractivity contribution is 6.01. The number of rotatable bonds is 5. The summed E-state index contributed by atoms with van der Waals surface area (Å²) < 4.78 is 5.16. The molecule has 2 aromatic rings. The molecule has 1 aliphatic heterocycles. The first-order valence-electron chi connectivity index (χ1n) is 8.57. The van der Waals surface area contributed by atoms with Crippen molar-refractivity contribution in [2.45, 2.75) is 18.6 Å². The van der Waals surface area contributed by atoms with Crippen LogP contribution in [0.5, 0.6) is 0 Å². The average Bonchev–Trinajstić information content (AvgIpc) is 2.96. The van der Waals surface area contributed by atoms with E-state index in [1.54, 1.807) is 19.2 Å². The Morgan fingerprint density at radius 1 is 1.15 bits per heavy atom. The number of para-hydroxylation sites is 1. The molecule has 0 aromatic heterocycles. The Kier molecular flexibility index (Phi) is 5.23. The molecule has 0 aliphatic carbocycles. The van der Waals surface area contributed by atoms with Gasteiger partial charge in [0.25, 0.3) is 11.7 Å². The molecule has 26 heavy (non-hydrogen) atoms. The van der Waals surface area contributed by atoms with Crippen LogP contribution < -0.4 is 4.90 Å². The monoisotopic (exact) mass is 354 g/mol. The highest BCUT2D eigenvalue weighted by atomic mass is 16.7. The summed E-state index contributed by atoms with van der Waals surface area (Å²) in [5, 5.41) is 10.5. The van der Waals surface area contributed by atoms with Crippen molar-refractivity contribution in [1.82, 2.24) is 4.90 Å². The molecule has 1 heterocycles. The number of hydrogen-bond donors (Lipinski definition) is 1. The minimum atomic E-state index is -2.12. The van der Waals surface area contributed by atoms with Crippen molar-refractivity contribution in [1.29, 1.82) is 0 Å². The first kappa shape index (κ1) is 17.9. The first-order chi connectivity index (χ1) is 12.5. The van der Waals surface area contributed by atoms with Crippen LogP contribution in [0.1, 0.15) is 12.0 Å². The number of benzene rings is 2. The third-order valence-electron chi connectivity index (χ3n) is 4.47. The summed E-state index contributed by atoms with van der Waals surface area (Å²) in [6, 6.07) is 18.8. The molecule has 0 radical (unpaired) electrons. The molecule has 0 unspecified atom stereocenters. The Morgan fingerprint density at radius 2 is 1.77 bits per heavy atom. The molecule has 0 spiro atoms. The third kappa shape index (κ3) is 3.86. The number of ether oxygens (including phenoxy) is 1. The Morgan fingerprint density at radius 3 is 2.42 bits per heavy atom. The lowest BCUT2D eigenvalue weighted by Crippen LogP contribution is -2.46. The summed E-state index contributed by atoms with van der Waals surface area (Å²) in [5.74, 6) is -2.73. The number of carbonyl (C=O) groups is 2. The minimum absolute atomic E-state index is 0.0407. The molecule has 136 valence electrons. The summed E-state index contributed by atoms with van der Waals surface area (Å²) in [7, 11) is 1.59. The number of hydrogen-bond acceptors (Lipinski definition) is 4. The van der Waals surface area contributed by atoms with Gasteiger partial charge in [-0.05, 0) is 24.1 Å². The Bertz CT molecular complexity index is 766. The van der Waals surface area contributed by atoms with Gasteiger partial charge in [0.1, 0.15) is 0 Å². The molecule has 1 N–H and O–H groups in total. The van der Waals surface area contributed by atoms with Gasteiger partial charge in [0.05, 0.1) is 0 Å². The van der Waals surface area contributed by atoms with E-state index in [0.29, 0.717) is 25.2 Å². The number of likely N-dealkylation sites (N-methyl/N-ethyl adjacent to an activating group) is 1. The average molecular weight is 354 g/mol. The third-order valence-corrected chi connectivity index (χ3v) is 4.47. The number of anilines is 1. The second kappa shape index (κ2) is 7.58. The quantitative estimate of drug-likeness (QED) is 0.837. The van der Waals surface area contributed by atoms with Crippen molar-refractivity contribution in [3.8, 4) is 0 Å². The Hall–Kier alpha value is -2.86. The highest BCUT2D eigenvalue weighted by Gasteiger charge is 2.49. The van der Waals surface area contributed by atoms with Gasteiger partial charge >= 0.3 is 6.09 Å². The summed E-state index contributed by atoms with van der Waals surface area (Å²) in [6.07, 6.45) is -0.0137. The van der Waals surface area contributed by atoms with Crippen LogP contribution in [0.25, 0.3) is 0 Å². The summed E-state index contributed by atoms with van der Waals surface area (Å²) in [4.78, 5) is 27.6. The summed E-state index contributed by atoms with van der Waals surface area (Å²) >= 11 is 0. The SMILES string of the molecule is CN(CCc1ccccc1)C(=O)O[C@@]1(O)CCN(c2ccccc2)C1=O. The van der Waals surface area contributed by atoms with E-state index in [0.717, 1.165) is 5.56 Å². The van der Waals surface area contributed by atoms with Crippen LogP contribution in [-0.4, -0.2) is 47.9 Å². The lowest BCUT2D eigenvalue weighted by atomic mass is 10.1. The second-order valence-electron chi connectivity index (χ2n) is 6.35. The fourth-order valence-electron chi connectivity index (χ4n) is 2.89. The molecule has 1 fully saturated rings. The van der Waals surface area contributed by atoms with Crippen molar-refractivity contribution in [2.75, 3.05) is 25.0 Å². The molecule has 2 amide bonds. The number of amides is 2. The van der Waals surface area contributed by atoms with Crippen molar-refractivity contribution in [3.63, 3.8) is 0 Å². The number of carbonyl (C=O) groups excluding carboxylic acids is 2. The minimum Gasteiger partial charge on any atom is -0.407 e. The Labute approximate surface area is 152 Å². The molecule has 0 saturated carbocycles. The van der Waals surface area contributed by atoms with E-state index in [-0.39, 0.29) is 6.42 Å². The molecule has 2 aromatic carbocycles. The molecule has 1 saturated heterocycles. The fraction of sp³-hybridized carbons (Fsp3) is 0.300. The Balaban J connectivity index is 1.58. The van der Waals surface area contributed by atoms with Gasteiger partial charge in [-0.15, -0.1) is 0 Å². The highest BCUT2D eigenvalue weighted by Crippen LogP contribution is 2.29. The maximum absolute atomic E-state index is 12.5. The fourth-order valence-corrected chi connectivity index (χ4v) is 2.89. The van der Waals surface area contributed by atoms with Crippen LogP contribution >= 0.6 is 0 Å². The zero-order valence-electron chi connectivity index (χ0n) is 14.7. The number of aliphatic hydroxyl groups is 1. The maximum Gasteiger partial charge on any atom is 0.412 e. The molecule has 3 rings (SSSR count). The van der Waals surface area contributed by atoms with Crippen molar-refractivity contribution in [2.24, 2.45) is 0 Å². The van der Waals surface area contributed by atoms with Gasteiger partial charge < -0.3 is 19.6 Å². The normalized spacial score (nSPS) is 19.5. The molecule has 1 aliphatic rings. The molecule has 0 bridgehead atoms. The van der Waals surface area contributed by atoms with Crippen molar-refractivity contribution in [3.05, 3.63) is 66.2 Å². The standard InChI is InChI=1S/C20H22N2O4/c1-21(14-12-16-8-4-2-5-9-16)19(24)26-20(25)13-15-22(18(20)23)17-10-6-3-7-11-17/h2-11,25H,12-15H2,1H3/t20-/m0/s1. The van der Waals surface area contributed by atoms with Crippen LogP contribution in [-0.2, 0) is 16.0 Å². The molecular weight excluding hydrogens is 332 g/mol. The van der Waals surface area contributed by atoms with Gasteiger partial charge in [-0.2, -0.15) is 0 Å². The van der Waals surface area contributed by atoms with E-state index >= 15 is 0 Å². The largest absolute Gasteiger partial charge is 0.412 e. The molecule has 1 atom stereocenters. The zero-order chi connectivity index (χ0) is 18.6. The van der Waals surface area contributed by atoms with E-state index in [1.165, 1.54) is 9.80 Å². The second-order valence-corrected chi connectivity index (χ2v) is 6.35. The van der Waals surface area contributed by atoms with Crippen molar-refractivity contribution >= 4 is 17.7 Å². The van der Waals surface area contributed by atoms with Crippen molar-refractivity contribution < 1.29 is 19.4 Å². The zero-order valence-corrected chi connectivity index (χ0v) is 14.7. The molecule has 6 heteroatoms. The van der Waals surface area contributed by atoms with E-state index in [9.17, 15) is 14.7 Å². The van der Waals surface area contributed by atoms with E-state index in [4.69, 9.17) is 4.74 Å². The van der Waals surface area contributed by atoms with Gasteiger partial charge in [0.2, 0.25) is 0 Å². The van der Waals surface area contributed by atoms with Crippen LogP contribution in [0.15, 0.2) is 60.7 Å². The van der Waals surface area contributed by atoms with Crippen LogP contribution in [0, 0.1) is 0 Å². The number of nitrogens with zero attached hydrogens (tertiary/aromatic N) is 2. The predicted octanol–water partition coefficient (Wildman–Crippen LogP) is 2.42. The smallest absolute Gasteiger partial charge is 0.407 e.